The third-order valence-electron chi connectivity index (χ3n) is 1.11. The molecule has 0 aliphatic carbocycles. The molecule has 1 aromatic rings. The average Bonchev–Trinajstić information content (AvgIpc) is 2.06. The molecule has 0 saturated heterocycles. The molecule has 0 aromatic heterocycles. The Kier molecular flexibility index (Phi) is 2.29. The van der Waals surface area contributed by atoms with E-state index < -0.39 is 0 Å². The van der Waals surface area contributed by atoms with Gasteiger partial charge < -0.3 is 4.74 Å². The van der Waals surface area contributed by atoms with E-state index in [0.29, 0.717) is 5.75 Å². The molecule has 1 rings (SSSR count). The lowest BCUT2D eigenvalue weighted by atomic mass is 10.3. The summed E-state index contributed by atoms with van der Waals surface area (Å²) in [7, 11) is 0. The molecule has 0 amide bonds. The Bertz CT molecular complexity index is 284. The van der Waals surface area contributed by atoms with Crippen molar-refractivity contribution in [1.82, 2.24) is 0 Å². The van der Waals surface area contributed by atoms with Crippen LogP contribution >= 0.6 is 0 Å². The molecule has 0 saturated carbocycles. The standard InChI is InChI=1S/C9H7NO/c1-8(7-10)11-9-5-3-2-4-6-9/h2-6H,1H2. The summed E-state index contributed by atoms with van der Waals surface area (Å²) in [5.74, 6) is 0.746. The van der Waals surface area contributed by atoms with Gasteiger partial charge in [-0.1, -0.05) is 18.2 Å². The smallest absolute Gasteiger partial charge is 0.196 e. The average molecular weight is 145 g/mol. The molecular formula is C9H7NO. The second kappa shape index (κ2) is 3.43. The van der Waals surface area contributed by atoms with Crippen molar-refractivity contribution in [3.63, 3.8) is 0 Å². The van der Waals surface area contributed by atoms with Crippen LogP contribution in [0.3, 0.4) is 0 Å². The molecule has 0 bridgehead atoms. The number of hydrogen-bond acceptors (Lipinski definition) is 2. The van der Waals surface area contributed by atoms with Gasteiger partial charge in [0.25, 0.3) is 0 Å². The predicted octanol–water partition coefficient (Wildman–Crippen LogP) is 2.10. The Morgan fingerprint density at radius 3 is 2.55 bits per heavy atom. The van der Waals surface area contributed by atoms with E-state index in [1.807, 2.05) is 18.2 Å². The number of benzene rings is 1. The van der Waals surface area contributed by atoms with Crippen LogP contribution in [0.2, 0.25) is 0 Å². The minimum atomic E-state index is 0.108. The zero-order chi connectivity index (χ0) is 8.10. The van der Waals surface area contributed by atoms with Crippen molar-refractivity contribution in [2.24, 2.45) is 0 Å². The summed E-state index contributed by atoms with van der Waals surface area (Å²) < 4.78 is 5.01. The molecule has 0 unspecified atom stereocenters. The van der Waals surface area contributed by atoms with Crippen LogP contribution in [0.1, 0.15) is 0 Å². The fraction of sp³-hybridized carbons (Fsp3) is 0. The molecule has 0 atom stereocenters. The highest BCUT2D eigenvalue weighted by Crippen LogP contribution is 2.10. The first-order chi connectivity index (χ1) is 5.33. The molecule has 11 heavy (non-hydrogen) atoms. The second-order valence-electron chi connectivity index (χ2n) is 1.95. The van der Waals surface area contributed by atoms with Gasteiger partial charge in [0.1, 0.15) is 11.8 Å². The third-order valence-corrected chi connectivity index (χ3v) is 1.11. The molecule has 0 aliphatic heterocycles. The van der Waals surface area contributed by atoms with Crippen molar-refractivity contribution in [3.05, 3.63) is 42.7 Å². The van der Waals surface area contributed by atoms with E-state index in [1.54, 1.807) is 18.2 Å². The zero-order valence-electron chi connectivity index (χ0n) is 5.95. The van der Waals surface area contributed by atoms with E-state index in [1.165, 1.54) is 0 Å². The predicted molar refractivity (Wildman–Crippen MR) is 41.8 cm³/mol. The van der Waals surface area contributed by atoms with Crippen molar-refractivity contribution in [3.8, 4) is 11.8 Å². The largest absolute Gasteiger partial charge is 0.447 e. The molecule has 0 aliphatic rings. The van der Waals surface area contributed by atoms with Crippen molar-refractivity contribution in [1.29, 1.82) is 5.26 Å². The van der Waals surface area contributed by atoms with Gasteiger partial charge in [-0.2, -0.15) is 5.26 Å². The van der Waals surface area contributed by atoms with Gasteiger partial charge in [-0.05, 0) is 18.7 Å². The minimum Gasteiger partial charge on any atom is -0.447 e. The summed E-state index contributed by atoms with van der Waals surface area (Å²) >= 11 is 0. The van der Waals surface area contributed by atoms with Gasteiger partial charge in [0, 0.05) is 0 Å². The van der Waals surface area contributed by atoms with Gasteiger partial charge in [0.2, 0.25) is 0 Å². The van der Waals surface area contributed by atoms with Crippen LogP contribution in [-0.2, 0) is 0 Å². The highest BCUT2D eigenvalue weighted by molar-refractivity contribution is 5.25. The molecule has 0 spiro atoms. The number of ether oxygens (including phenoxy) is 1. The second-order valence-corrected chi connectivity index (χ2v) is 1.95. The lowest BCUT2D eigenvalue weighted by molar-refractivity contribution is 0.450. The van der Waals surface area contributed by atoms with Gasteiger partial charge >= 0.3 is 0 Å². The minimum absolute atomic E-state index is 0.108. The Morgan fingerprint density at radius 2 is 2.00 bits per heavy atom. The van der Waals surface area contributed by atoms with Gasteiger partial charge in [0.05, 0.1) is 0 Å². The molecule has 1 aromatic carbocycles. The van der Waals surface area contributed by atoms with Gasteiger partial charge in [-0.3, -0.25) is 0 Å². The molecular weight excluding hydrogens is 138 g/mol. The summed E-state index contributed by atoms with van der Waals surface area (Å²) in [4.78, 5) is 0. The zero-order valence-corrected chi connectivity index (χ0v) is 5.95. The fourth-order valence-corrected chi connectivity index (χ4v) is 0.654. The third kappa shape index (κ3) is 2.15. The first-order valence-corrected chi connectivity index (χ1v) is 3.15. The number of allylic oxidation sites excluding steroid dienone is 1. The maximum Gasteiger partial charge on any atom is 0.196 e. The quantitative estimate of drug-likeness (QED) is 0.471. The summed E-state index contributed by atoms with van der Waals surface area (Å²) in [6.07, 6.45) is 0. The highest BCUT2D eigenvalue weighted by atomic mass is 16.5. The van der Waals surface area contributed by atoms with Gasteiger partial charge in [-0.25, -0.2) is 0 Å². The van der Waals surface area contributed by atoms with Crippen molar-refractivity contribution < 1.29 is 4.74 Å². The molecule has 0 radical (unpaired) electrons. The molecule has 2 nitrogen and oxygen atoms in total. The lowest BCUT2D eigenvalue weighted by Gasteiger charge is -1.99. The van der Waals surface area contributed by atoms with E-state index in [0.717, 1.165) is 0 Å². The molecule has 54 valence electrons. The monoisotopic (exact) mass is 145 g/mol. The summed E-state index contributed by atoms with van der Waals surface area (Å²) in [5, 5.41) is 8.32. The fourth-order valence-electron chi connectivity index (χ4n) is 0.654. The van der Waals surface area contributed by atoms with Crippen LogP contribution < -0.4 is 4.74 Å². The lowest BCUT2D eigenvalue weighted by Crippen LogP contribution is -1.88. The van der Waals surface area contributed by atoms with Crippen LogP contribution in [0.4, 0.5) is 0 Å². The van der Waals surface area contributed by atoms with E-state index in [4.69, 9.17) is 10.00 Å². The molecule has 2 heteroatoms. The Balaban J connectivity index is 2.67. The van der Waals surface area contributed by atoms with Crippen LogP contribution in [0.5, 0.6) is 5.75 Å². The summed E-state index contributed by atoms with van der Waals surface area (Å²) in [5.41, 5.74) is 0. The van der Waals surface area contributed by atoms with Crippen LogP contribution in [0.15, 0.2) is 42.7 Å². The maximum atomic E-state index is 8.32. The Labute approximate surface area is 65.3 Å². The van der Waals surface area contributed by atoms with Crippen molar-refractivity contribution in [2.45, 2.75) is 0 Å². The van der Waals surface area contributed by atoms with Crippen LogP contribution in [0.25, 0.3) is 0 Å². The molecule has 0 fully saturated rings. The number of nitriles is 1. The Hall–Kier alpha value is -1.75. The first kappa shape index (κ1) is 7.36. The summed E-state index contributed by atoms with van der Waals surface area (Å²) in [6, 6.07) is 10.9. The van der Waals surface area contributed by atoms with E-state index >= 15 is 0 Å². The van der Waals surface area contributed by atoms with Crippen LogP contribution in [0, 0.1) is 11.3 Å². The number of para-hydroxylation sites is 1. The number of rotatable bonds is 2. The van der Waals surface area contributed by atoms with Gasteiger partial charge in [-0.15, -0.1) is 0 Å². The number of hydrogen-bond donors (Lipinski definition) is 0. The normalized spacial score (nSPS) is 8.27. The molecule has 0 heterocycles. The van der Waals surface area contributed by atoms with E-state index in [-0.39, 0.29) is 5.76 Å². The highest BCUT2D eigenvalue weighted by Gasteiger charge is 1.92. The topological polar surface area (TPSA) is 33.0 Å². The van der Waals surface area contributed by atoms with Crippen LogP contribution in [-0.4, -0.2) is 0 Å². The SMILES string of the molecule is C=C(C#N)Oc1ccccc1. The van der Waals surface area contributed by atoms with Crippen molar-refractivity contribution >= 4 is 0 Å². The van der Waals surface area contributed by atoms with Gasteiger partial charge in [0.15, 0.2) is 5.76 Å². The Morgan fingerprint density at radius 1 is 1.36 bits per heavy atom. The van der Waals surface area contributed by atoms with Crippen molar-refractivity contribution in [2.75, 3.05) is 0 Å². The number of nitrogens with zero attached hydrogens (tertiary/aromatic N) is 1. The maximum absolute atomic E-state index is 8.32. The van der Waals surface area contributed by atoms with E-state index in [9.17, 15) is 0 Å². The van der Waals surface area contributed by atoms with E-state index in [2.05, 4.69) is 6.58 Å². The first-order valence-electron chi connectivity index (χ1n) is 3.15. The summed E-state index contributed by atoms with van der Waals surface area (Å²) in [6.45, 7) is 3.39. The molecule has 0 N–H and O–H groups in total.